The summed E-state index contributed by atoms with van der Waals surface area (Å²) in [5, 5.41) is 4.77. The van der Waals surface area contributed by atoms with Crippen LogP contribution in [0, 0.1) is 5.41 Å². The highest BCUT2D eigenvalue weighted by Crippen LogP contribution is 2.45. The molecule has 2 N–H and O–H groups in total. The highest BCUT2D eigenvalue weighted by atomic mass is 16.2. The molecule has 4 amide bonds. The largest absolute Gasteiger partial charge is 0.358 e. The normalized spacial score (nSPS) is 20.7. The predicted octanol–water partition coefficient (Wildman–Crippen LogP) is -0.442. The van der Waals surface area contributed by atoms with E-state index in [2.05, 4.69) is 10.6 Å². The number of nitrogens with one attached hydrogen (secondary N) is 2. The molecule has 21 heavy (non-hydrogen) atoms. The van der Waals surface area contributed by atoms with Crippen LogP contribution >= 0.6 is 0 Å². The topological polar surface area (TPSA) is 95.6 Å². The molecule has 1 saturated heterocycles. The van der Waals surface area contributed by atoms with Crippen molar-refractivity contribution >= 4 is 23.6 Å². The van der Waals surface area contributed by atoms with E-state index in [1.54, 1.807) is 0 Å². The summed E-state index contributed by atoms with van der Waals surface area (Å²) in [5.41, 5.74) is -0.573. The Labute approximate surface area is 123 Å². The molecule has 1 heterocycles. The maximum atomic E-state index is 12.5. The van der Waals surface area contributed by atoms with Crippen molar-refractivity contribution in [1.82, 2.24) is 15.5 Å². The molecule has 1 aliphatic carbocycles. The fourth-order valence-corrected chi connectivity index (χ4v) is 3.11. The van der Waals surface area contributed by atoms with Crippen molar-refractivity contribution in [2.24, 2.45) is 5.41 Å². The van der Waals surface area contributed by atoms with Crippen LogP contribution < -0.4 is 10.6 Å². The van der Waals surface area contributed by atoms with E-state index in [-0.39, 0.29) is 37.2 Å². The molecule has 0 bridgehead atoms. The summed E-state index contributed by atoms with van der Waals surface area (Å²) in [6.07, 6.45) is 4.68. The van der Waals surface area contributed by atoms with E-state index in [1.807, 2.05) is 0 Å². The Morgan fingerprint density at radius 2 is 1.81 bits per heavy atom. The highest BCUT2D eigenvalue weighted by Gasteiger charge is 2.51. The minimum Gasteiger partial charge on any atom is -0.358 e. The zero-order chi connectivity index (χ0) is 15.5. The van der Waals surface area contributed by atoms with Gasteiger partial charge in [-0.25, -0.2) is 0 Å². The van der Waals surface area contributed by atoms with Gasteiger partial charge in [0.1, 0.15) is 6.54 Å². The smallest absolute Gasteiger partial charge is 0.240 e. The fourth-order valence-electron chi connectivity index (χ4n) is 3.11. The van der Waals surface area contributed by atoms with Gasteiger partial charge in [0, 0.05) is 13.5 Å². The predicted molar refractivity (Wildman–Crippen MR) is 73.9 cm³/mol. The third kappa shape index (κ3) is 3.22. The summed E-state index contributed by atoms with van der Waals surface area (Å²) < 4.78 is 0. The lowest BCUT2D eigenvalue weighted by Crippen LogP contribution is -2.45. The Hall–Kier alpha value is -1.92. The second kappa shape index (κ2) is 6.24. The van der Waals surface area contributed by atoms with Crippen molar-refractivity contribution in [3.8, 4) is 0 Å². The Morgan fingerprint density at radius 1 is 1.14 bits per heavy atom. The Morgan fingerprint density at radius 3 is 2.43 bits per heavy atom. The molecule has 0 aromatic heterocycles. The van der Waals surface area contributed by atoms with Gasteiger partial charge in [-0.2, -0.15) is 0 Å². The second-order valence-corrected chi connectivity index (χ2v) is 5.75. The van der Waals surface area contributed by atoms with Crippen molar-refractivity contribution in [1.29, 1.82) is 0 Å². The molecule has 0 aromatic carbocycles. The van der Waals surface area contributed by atoms with E-state index in [4.69, 9.17) is 0 Å². The van der Waals surface area contributed by atoms with Crippen LogP contribution in [0.25, 0.3) is 0 Å². The summed E-state index contributed by atoms with van der Waals surface area (Å²) in [6.45, 7) is -0.451. The van der Waals surface area contributed by atoms with E-state index in [9.17, 15) is 19.2 Å². The van der Waals surface area contributed by atoms with Gasteiger partial charge in [-0.05, 0) is 12.8 Å². The summed E-state index contributed by atoms with van der Waals surface area (Å²) in [5.74, 6) is -1.32. The lowest BCUT2D eigenvalue weighted by Gasteiger charge is -2.30. The number of likely N-dealkylation sites (tertiary alicyclic amines) is 1. The molecule has 0 atom stereocenters. The number of rotatable bonds is 4. The molecule has 0 aromatic rings. The first-order valence-electron chi connectivity index (χ1n) is 7.30. The van der Waals surface area contributed by atoms with E-state index >= 15 is 0 Å². The highest BCUT2D eigenvalue weighted by molar-refractivity contribution is 6.08. The first-order chi connectivity index (χ1) is 9.98. The number of nitrogens with zero attached hydrogens (tertiary/aromatic N) is 1. The average molecular weight is 295 g/mol. The fraction of sp³-hybridized carbons (Fsp3) is 0.714. The van der Waals surface area contributed by atoms with Crippen LogP contribution in [-0.2, 0) is 19.2 Å². The molecule has 2 rings (SSSR count). The van der Waals surface area contributed by atoms with Crippen LogP contribution in [0.2, 0.25) is 0 Å². The summed E-state index contributed by atoms with van der Waals surface area (Å²) in [4.78, 5) is 48.3. The first kappa shape index (κ1) is 15.5. The average Bonchev–Trinajstić information content (AvgIpc) is 2.70. The number of hydrogen-bond acceptors (Lipinski definition) is 4. The minimum absolute atomic E-state index is 0.156. The first-order valence-corrected chi connectivity index (χ1v) is 7.30. The van der Waals surface area contributed by atoms with Crippen LogP contribution in [-0.4, -0.2) is 48.7 Å². The molecule has 7 nitrogen and oxygen atoms in total. The molecule has 0 unspecified atom stereocenters. The molecular formula is C14H21N3O4. The molecule has 1 saturated carbocycles. The zero-order valence-corrected chi connectivity index (χ0v) is 12.2. The van der Waals surface area contributed by atoms with Crippen molar-refractivity contribution in [2.45, 2.75) is 38.5 Å². The third-order valence-corrected chi connectivity index (χ3v) is 4.33. The van der Waals surface area contributed by atoms with Crippen molar-refractivity contribution in [3.63, 3.8) is 0 Å². The molecule has 2 fully saturated rings. The molecule has 116 valence electrons. The van der Waals surface area contributed by atoms with E-state index < -0.39 is 11.3 Å². The Kier molecular flexibility index (Phi) is 4.59. The Bertz CT molecular complexity index is 469. The molecule has 0 radical (unpaired) electrons. The molecule has 1 spiro atoms. The van der Waals surface area contributed by atoms with E-state index in [1.165, 1.54) is 7.05 Å². The number of carbonyl (C=O) groups excluding carboxylic acids is 4. The maximum Gasteiger partial charge on any atom is 0.240 e. The van der Waals surface area contributed by atoms with Crippen molar-refractivity contribution in [3.05, 3.63) is 0 Å². The summed E-state index contributed by atoms with van der Waals surface area (Å²) in [7, 11) is 1.47. The number of likely N-dealkylation sites (N-methyl/N-ethyl adjacent to an activating group) is 1. The van der Waals surface area contributed by atoms with Gasteiger partial charge < -0.3 is 10.6 Å². The van der Waals surface area contributed by atoms with Crippen LogP contribution in [0.15, 0.2) is 0 Å². The summed E-state index contributed by atoms with van der Waals surface area (Å²) in [6, 6.07) is 0. The van der Waals surface area contributed by atoms with Gasteiger partial charge in [-0.1, -0.05) is 19.3 Å². The SMILES string of the molecule is CNC(=O)CNC(=O)CN1C(=O)CC2(CCCCC2)C1=O. The molecule has 7 heteroatoms. The van der Waals surface area contributed by atoms with E-state index in [0.29, 0.717) is 0 Å². The molecule has 2 aliphatic rings. The minimum atomic E-state index is -0.573. The number of hydrogen-bond donors (Lipinski definition) is 2. The standard InChI is InChI=1S/C14H21N3O4/c1-15-10(18)8-16-11(19)9-17-12(20)7-14(13(17)21)5-3-2-4-6-14/h2-9H2,1H3,(H,15,18)(H,16,19). The van der Waals surface area contributed by atoms with Gasteiger partial charge in [0.25, 0.3) is 0 Å². The maximum absolute atomic E-state index is 12.5. The number of amides is 4. The van der Waals surface area contributed by atoms with Gasteiger partial charge in [-0.3, -0.25) is 24.1 Å². The number of imide groups is 1. The number of carbonyl (C=O) groups is 4. The van der Waals surface area contributed by atoms with Gasteiger partial charge in [0.15, 0.2) is 0 Å². The van der Waals surface area contributed by atoms with Crippen LogP contribution in [0.5, 0.6) is 0 Å². The van der Waals surface area contributed by atoms with Crippen LogP contribution in [0.4, 0.5) is 0 Å². The Balaban J connectivity index is 1.94. The van der Waals surface area contributed by atoms with Gasteiger partial charge in [0.2, 0.25) is 23.6 Å². The molecule has 1 aliphatic heterocycles. The van der Waals surface area contributed by atoms with Crippen molar-refractivity contribution in [2.75, 3.05) is 20.1 Å². The van der Waals surface area contributed by atoms with E-state index in [0.717, 1.165) is 37.0 Å². The van der Waals surface area contributed by atoms with Crippen molar-refractivity contribution < 1.29 is 19.2 Å². The lowest BCUT2D eigenvalue weighted by atomic mass is 9.73. The summed E-state index contributed by atoms with van der Waals surface area (Å²) >= 11 is 0. The van der Waals surface area contributed by atoms with Crippen LogP contribution in [0.3, 0.4) is 0 Å². The van der Waals surface area contributed by atoms with Gasteiger partial charge >= 0.3 is 0 Å². The quantitative estimate of drug-likeness (QED) is 0.687. The zero-order valence-electron chi connectivity index (χ0n) is 12.2. The second-order valence-electron chi connectivity index (χ2n) is 5.75. The monoisotopic (exact) mass is 295 g/mol. The lowest BCUT2D eigenvalue weighted by molar-refractivity contribution is -0.145. The van der Waals surface area contributed by atoms with Crippen LogP contribution in [0.1, 0.15) is 38.5 Å². The third-order valence-electron chi connectivity index (χ3n) is 4.33. The molecular weight excluding hydrogens is 274 g/mol. The van der Waals surface area contributed by atoms with Gasteiger partial charge in [0.05, 0.1) is 12.0 Å². The van der Waals surface area contributed by atoms with Gasteiger partial charge in [-0.15, -0.1) is 0 Å².